The summed E-state index contributed by atoms with van der Waals surface area (Å²) in [5, 5.41) is 12.1. The first-order valence-corrected chi connectivity index (χ1v) is 12.6. The lowest BCUT2D eigenvalue weighted by Gasteiger charge is -2.36. The third-order valence-electron chi connectivity index (χ3n) is 7.56. The summed E-state index contributed by atoms with van der Waals surface area (Å²) in [6, 6.07) is 18.0. The van der Waals surface area contributed by atoms with Crippen molar-refractivity contribution in [1.29, 1.82) is 0 Å². The van der Waals surface area contributed by atoms with Crippen LogP contribution in [0.15, 0.2) is 65.6 Å². The summed E-state index contributed by atoms with van der Waals surface area (Å²) in [6.07, 6.45) is 4.25. The summed E-state index contributed by atoms with van der Waals surface area (Å²) in [7, 11) is 0. The van der Waals surface area contributed by atoms with Crippen LogP contribution in [0, 0.1) is 5.82 Å². The molecule has 1 aliphatic heterocycles. The maximum absolute atomic E-state index is 15.2. The zero-order valence-corrected chi connectivity index (χ0v) is 21.2. The van der Waals surface area contributed by atoms with Crippen molar-refractivity contribution in [1.82, 2.24) is 9.47 Å². The molecule has 1 saturated heterocycles. The molecule has 1 N–H and O–H groups in total. The van der Waals surface area contributed by atoms with Crippen molar-refractivity contribution in [2.75, 3.05) is 37.6 Å². The SMILES string of the molecule is Cl.O=C(O)c1cn(C2CC2)c2cc(N3CCN(CCc4cccc5ccccc45)CC3)c(F)cc2c1=O. The van der Waals surface area contributed by atoms with E-state index in [1.807, 2.05) is 9.47 Å². The number of hydrogen-bond donors (Lipinski definition) is 1. The summed E-state index contributed by atoms with van der Waals surface area (Å²) < 4.78 is 17.1. The first kappa shape index (κ1) is 25.2. The van der Waals surface area contributed by atoms with Crippen LogP contribution in [-0.4, -0.2) is 53.3 Å². The highest BCUT2D eigenvalue weighted by Crippen LogP contribution is 2.38. The molecule has 0 radical (unpaired) electrons. The molecule has 1 saturated carbocycles. The molecule has 3 aromatic carbocycles. The number of nitrogens with zero attached hydrogens (tertiary/aromatic N) is 3. The van der Waals surface area contributed by atoms with E-state index in [9.17, 15) is 14.7 Å². The molecule has 1 aliphatic carbocycles. The second-order valence-electron chi connectivity index (χ2n) is 9.85. The smallest absolute Gasteiger partial charge is 0.341 e. The van der Waals surface area contributed by atoms with Crippen molar-refractivity contribution in [3.05, 3.63) is 88.0 Å². The summed E-state index contributed by atoms with van der Waals surface area (Å²) in [4.78, 5) is 28.8. The maximum atomic E-state index is 15.2. The fraction of sp³-hybridized carbons (Fsp3) is 0.310. The van der Waals surface area contributed by atoms with Crippen LogP contribution in [0.1, 0.15) is 34.8 Å². The Hall–Kier alpha value is -3.42. The van der Waals surface area contributed by atoms with Gasteiger partial charge in [0.05, 0.1) is 11.2 Å². The van der Waals surface area contributed by atoms with Gasteiger partial charge < -0.3 is 14.6 Å². The van der Waals surface area contributed by atoms with Crippen molar-refractivity contribution in [3.63, 3.8) is 0 Å². The Labute approximate surface area is 220 Å². The first-order valence-electron chi connectivity index (χ1n) is 12.6. The number of hydrogen-bond acceptors (Lipinski definition) is 4. The molecule has 0 bridgehead atoms. The van der Waals surface area contributed by atoms with E-state index in [-0.39, 0.29) is 29.4 Å². The second-order valence-corrected chi connectivity index (χ2v) is 9.85. The number of pyridine rings is 1. The minimum absolute atomic E-state index is 0. The highest BCUT2D eigenvalue weighted by atomic mass is 35.5. The van der Waals surface area contributed by atoms with Gasteiger partial charge in [-0.15, -0.1) is 12.4 Å². The van der Waals surface area contributed by atoms with Crippen LogP contribution in [0.4, 0.5) is 10.1 Å². The number of carboxylic acids is 1. The number of carbonyl (C=O) groups is 1. The molecule has 0 spiro atoms. The molecule has 4 aromatic rings. The Morgan fingerprint density at radius 1 is 0.973 bits per heavy atom. The van der Waals surface area contributed by atoms with Gasteiger partial charge in [-0.1, -0.05) is 42.5 Å². The van der Waals surface area contributed by atoms with E-state index in [1.54, 1.807) is 6.07 Å². The van der Waals surface area contributed by atoms with Gasteiger partial charge >= 0.3 is 5.97 Å². The summed E-state index contributed by atoms with van der Waals surface area (Å²) >= 11 is 0. The van der Waals surface area contributed by atoms with Crippen LogP contribution in [0.2, 0.25) is 0 Å². The van der Waals surface area contributed by atoms with E-state index in [2.05, 4.69) is 47.4 Å². The topological polar surface area (TPSA) is 65.8 Å². The van der Waals surface area contributed by atoms with Gasteiger partial charge in [0.2, 0.25) is 5.43 Å². The lowest BCUT2D eigenvalue weighted by atomic mass is 10.0. The van der Waals surface area contributed by atoms with Crippen LogP contribution >= 0.6 is 12.4 Å². The average molecular weight is 522 g/mol. The van der Waals surface area contributed by atoms with E-state index in [0.29, 0.717) is 24.3 Å². The molecule has 6 nitrogen and oxygen atoms in total. The summed E-state index contributed by atoms with van der Waals surface area (Å²) in [6.45, 7) is 3.99. The fourth-order valence-corrected chi connectivity index (χ4v) is 5.41. The predicted molar refractivity (Wildman–Crippen MR) is 147 cm³/mol. The Morgan fingerprint density at radius 2 is 1.70 bits per heavy atom. The van der Waals surface area contributed by atoms with Crippen molar-refractivity contribution in [2.24, 2.45) is 0 Å². The van der Waals surface area contributed by atoms with Crippen molar-refractivity contribution < 1.29 is 14.3 Å². The molecule has 2 aliphatic rings. The maximum Gasteiger partial charge on any atom is 0.341 e. The normalized spacial score (nSPS) is 16.2. The quantitative estimate of drug-likeness (QED) is 0.382. The largest absolute Gasteiger partial charge is 0.477 e. The van der Waals surface area contributed by atoms with Crippen LogP contribution < -0.4 is 10.3 Å². The van der Waals surface area contributed by atoms with Crippen LogP contribution in [0.5, 0.6) is 0 Å². The van der Waals surface area contributed by atoms with E-state index < -0.39 is 17.2 Å². The molecule has 192 valence electrons. The number of piperazine rings is 1. The van der Waals surface area contributed by atoms with Gasteiger partial charge in [0.15, 0.2) is 0 Å². The highest BCUT2D eigenvalue weighted by molar-refractivity contribution is 5.93. The third kappa shape index (κ3) is 4.81. The Kier molecular flexibility index (Phi) is 6.92. The Morgan fingerprint density at radius 3 is 2.43 bits per heavy atom. The molecule has 0 amide bonds. The Balaban J connectivity index is 0.00000280. The van der Waals surface area contributed by atoms with E-state index >= 15 is 4.39 Å². The Bertz CT molecular complexity index is 1540. The van der Waals surface area contributed by atoms with Gasteiger partial charge in [0, 0.05) is 50.3 Å². The predicted octanol–water partition coefficient (Wildman–Crippen LogP) is 5.11. The lowest BCUT2D eigenvalue weighted by Crippen LogP contribution is -2.47. The molecule has 2 heterocycles. The van der Waals surface area contributed by atoms with Gasteiger partial charge in [-0.2, -0.15) is 0 Å². The zero-order valence-electron chi connectivity index (χ0n) is 20.4. The zero-order chi connectivity index (χ0) is 24.8. The molecule has 2 fully saturated rings. The molecule has 6 rings (SSSR count). The summed E-state index contributed by atoms with van der Waals surface area (Å²) in [5.74, 6) is -1.76. The van der Waals surface area contributed by atoms with Gasteiger partial charge in [-0.3, -0.25) is 9.69 Å². The molecular weight excluding hydrogens is 493 g/mol. The summed E-state index contributed by atoms with van der Waals surface area (Å²) in [5.41, 5.74) is 1.50. The van der Waals surface area contributed by atoms with Crippen molar-refractivity contribution >= 4 is 45.7 Å². The monoisotopic (exact) mass is 521 g/mol. The minimum Gasteiger partial charge on any atom is -0.477 e. The van der Waals surface area contributed by atoms with Crippen LogP contribution in [0.25, 0.3) is 21.7 Å². The molecular formula is C29H29ClFN3O3. The van der Waals surface area contributed by atoms with E-state index in [1.165, 1.54) is 28.6 Å². The van der Waals surface area contributed by atoms with E-state index in [0.717, 1.165) is 38.9 Å². The van der Waals surface area contributed by atoms with Crippen molar-refractivity contribution in [3.8, 4) is 0 Å². The lowest BCUT2D eigenvalue weighted by molar-refractivity contribution is 0.0695. The van der Waals surface area contributed by atoms with Crippen LogP contribution in [-0.2, 0) is 6.42 Å². The molecule has 0 unspecified atom stereocenters. The first-order chi connectivity index (χ1) is 17.5. The number of anilines is 1. The third-order valence-corrected chi connectivity index (χ3v) is 7.56. The van der Waals surface area contributed by atoms with Gasteiger partial charge in [-0.05, 0) is 47.7 Å². The number of halogens is 2. The molecule has 37 heavy (non-hydrogen) atoms. The van der Waals surface area contributed by atoms with Crippen LogP contribution in [0.3, 0.4) is 0 Å². The standard InChI is InChI=1S/C29H28FN3O3.ClH/c30-25-16-23-26(33(21-8-9-21)18-24(28(23)34)29(35)36)17-27(25)32-14-12-31(13-15-32)11-10-20-6-3-5-19-4-1-2-7-22(19)20;/h1-7,16-18,21H,8-15H2,(H,35,36);1H. The van der Waals surface area contributed by atoms with E-state index in [4.69, 9.17) is 0 Å². The van der Waals surface area contributed by atoms with Crippen molar-refractivity contribution in [2.45, 2.75) is 25.3 Å². The van der Waals surface area contributed by atoms with Gasteiger partial charge in [0.25, 0.3) is 0 Å². The number of rotatable bonds is 6. The molecule has 8 heteroatoms. The number of fused-ring (bicyclic) bond motifs is 2. The second kappa shape index (κ2) is 10.1. The molecule has 0 atom stereocenters. The number of aromatic carboxylic acids is 1. The van der Waals surface area contributed by atoms with Gasteiger partial charge in [-0.25, -0.2) is 9.18 Å². The van der Waals surface area contributed by atoms with Gasteiger partial charge in [0.1, 0.15) is 11.4 Å². The number of aromatic nitrogens is 1. The molecule has 1 aromatic heterocycles. The number of carboxylic acid groups (broad SMARTS) is 1. The fourth-order valence-electron chi connectivity index (χ4n) is 5.41. The minimum atomic E-state index is -1.28. The number of benzene rings is 3. The highest BCUT2D eigenvalue weighted by Gasteiger charge is 2.28. The average Bonchev–Trinajstić information content (AvgIpc) is 3.73.